The van der Waals surface area contributed by atoms with E-state index in [1.165, 1.54) is 44.2 Å². The van der Waals surface area contributed by atoms with Gasteiger partial charge in [0.2, 0.25) is 0 Å². The summed E-state index contributed by atoms with van der Waals surface area (Å²) in [7, 11) is 0. The summed E-state index contributed by atoms with van der Waals surface area (Å²) in [6.07, 6.45) is 11.6. The third kappa shape index (κ3) is 4.72. The van der Waals surface area contributed by atoms with Crippen LogP contribution in [0.5, 0.6) is 0 Å². The zero-order valence-corrected chi connectivity index (χ0v) is 28.9. The van der Waals surface area contributed by atoms with Gasteiger partial charge in [-0.2, -0.15) is 0 Å². The largest absolute Gasteiger partial charge is 0.263 e. The molecule has 51 heavy (non-hydrogen) atoms. The van der Waals surface area contributed by atoms with E-state index in [1.54, 1.807) is 22.7 Å². The molecule has 0 radical (unpaired) electrons. The van der Waals surface area contributed by atoms with Crippen LogP contribution in [0.25, 0.3) is 65.0 Å². The van der Waals surface area contributed by atoms with Crippen molar-refractivity contribution in [2.24, 2.45) is 0 Å². The number of nitrogens with zero attached hydrogens (tertiary/aromatic N) is 4. The molecule has 0 N–H and O–H groups in total. The molecule has 4 nitrogen and oxygen atoms in total. The van der Waals surface area contributed by atoms with Crippen molar-refractivity contribution in [3.63, 3.8) is 0 Å². The van der Waals surface area contributed by atoms with E-state index < -0.39 is 5.41 Å². The van der Waals surface area contributed by atoms with Gasteiger partial charge in [-0.3, -0.25) is 19.9 Å². The van der Waals surface area contributed by atoms with Gasteiger partial charge in [-0.15, -0.1) is 22.7 Å². The van der Waals surface area contributed by atoms with Crippen LogP contribution in [0.15, 0.2) is 170 Å². The molecule has 5 aromatic carbocycles. The van der Waals surface area contributed by atoms with Crippen molar-refractivity contribution < 1.29 is 0 Å². The van der Waals surface area contributed by atoms with Gasteiger partial charge in [0.25, 0.3) is 0 Å². The fourth-order valence-electron chi connectivity index (χ4n) is 7.93. The highest BCUT2D eigenvalue weighted by atomic mass is 32.1. The number of hydrogen-bond acceptors (Lipinski definition) is 6. The summed E-state index contributed by atoms with van der Waals surface area (Å²) < 4.78 is 0. The predicted octanol–water partition coefficient (Wildman–Crippen LogP) is 11.6. The van der Waals surface area contributed by atoms with E-state index in [0.717, 1.165) is 43.1 Å². The Kier molecular flexibility index (Phi) is 7.05. The Balaban J connectivity index is 1.29. The van der Waals surface area contributed by atoms with Crippen molar-refractivity contribution in [2.75, 3.05) is 0 Å². The first-order valence-electron chi connectivity index (χ1n) is 16.8. The molecular formula is C45H28N4S2. The Morgan fingerprint density at radius 3 is 1.59 bits per heavy atom. The molecule has 0 atom stereocenters. The maximum absolute atomic E-state index is 4.75. The van der Waals surface area contributed by atoms with Gasteiger partial charge in [0.05, 0.1) is 26.2 Å². The first-order valence-corrected chi connectivity index (χ1v) is 18.6. The van der Waals surface area contributed by atoms with E-state index in [-0.39, 0.29) is 0 Å². The van der Waals surface area contributed by atoms with Crippen LogP contribution in [0.1, 0.15) is 22.3 Å². The summed E-state index contributed by atoms with van der Waals surface area (Å²) in [4.78, 5) is 20.3. The Labute approximate surface area is 303 Å². The summed E-state index contributed by atoms with van der Waals surface area (Å²) in [5.74, 6) is 0. The number of rotatable bonds is 6. The standard InChI is InChI=1S/C45H28N4S2/c1-3-9-34(10-4-1)45(35-11-5-2-6-12-35)40-19-29(30-17-32(23-46-21-30)42-25-48-27-50-42)15-16-38(40)44-37-14-8-7-13-36(37)39(20-41(44)45)31-18-33(24-47-22-31)43-26-49-28-51-43/h1-28H. The number of aromatic nitrogens is 4. The van der Waals surface area contributed by atoms with Crippen LogP contribution >= 0.6 is 22.7 Å². The van der Waals surface area contributed by atoms with Gasteiger partial charge in [-0.1, -0.05) is 97.1 Å². The second-order valence-electron chi connectivity index (χ2n) is 12.8. The molecule has 0 aliphatic heterocycles. The molecule has 0 fully saturated rings. The summed E-state index contributed by atoms with van der Waals surface area (Å²) in [6, 6.07) is 44.7. The average Bonchev–Trinajstić information content (AvgIpc) is 4.00. The summed E-state index contributed by atoms with van der Waals surface area (Å²) >= 11 is 3.26. The minimum atomic E-state index is -0.590. The van der Waals surface area contributed by atoms with E-state index in [2.05, 4.69) is 136 Å². The Hall–Kier alpha value is -6.08. The summed E-state index contributed by atoms with van der Waals surface area (Å²) in [5, 5.41) is 2.43. The number of pyridine rings is 2. The van der Waals surface area contributed by atoms with Crippen molar-refractivity contribution in [1.29, 1.82) is 0 Å². The first kappa shape index (κ1) is 29.8. The van der Waals surface area contributed by atoms with E-state index in [4.69, 9.17) is 4.98 Å². The molecule has 1 aliphatic rings. The van der Waals surface area contributed by atoms with Gasteiger partial charge in [-0.05, 0) is 79.5 Å². The van der Waals surface area contributed by atoms with Crippen molar-refractivity contribution in [1.82, 2.24) is 19.9 Å². The monoisotopic (exact) mass is 688 g/mol. The molecule has 9 aromatic rings. The topological polar surface area (TPSA) is 51.6 Å². The lowest BCUT2D eigenvalue weighted by Crippen LogP contribution is -2.28. The number of thiazole rings is 2. The van der Waals surface area contributed by atoms with E-state index in [0.29, 0.717) is 0 Å². The Morgan fingerprint density at radius 1 is 0.392 bits per heavy atom. The molecule has 0 saturated carbocycles. The van der Waals surface area contributed by atoms with Crippen molar-refractivity contribution in [3.8, 4) is 54.3 Å². The lowest BCUT2D eigenvalue weighted by atomic mass is 9.67. The fourth-order valence-corrected chi connectivity index (χ4v) is 9.14. The van der Waals surface area contributed by atoms with Crippen LogP contribution in [0.3, 0.4) is 0 Å². The molecule has 4 heterocycles. The van der Waals surface area contributed by atoms with E-state index in [9.17, 15) is 0 Å². The molecule has 6 heteroatoms. The van der Waals surface area contributed by atoms with Gasteiger partial charge in [0, 0.05) is 59.4 Å². The molecule has 240 valence electrons. The highest BCUT2D eigenvalue weighted by Gasteiger charge is 2.47. The normalized spacial score (nSPS) is 12.9. The van der Waals surface area contributed by atoms with Crippen molar-refractivity contribution >= 4 is 33.4 Å². The highest BCUT2D eigenvalue weighted by Crippen LogP contribution is 2.59. The number of benzene rings is 5. The van der Waals surface area contributed by atoms with E-state index in [1.807, 2.05) is 48.2 Å². The molecule has 0 unspecified atom stereocenters. The number of hydrogen-bond donors (Lipinski definition) is 0. The second kappa shape index (κ2) is 12.1. The van der Waals surface area contributed by atoms with Crippen LogP contribution < -0.4 is 0 Å². The molecule has 10 rings (SSSR count). The predicted molar refractivity (Wildman–Crippen MR) is 210 cm³/mol. The first-order chi connectivity index (χ1) is 25.3. The molecule has 1 aliphatic carbocycles. The van der Waals surface area contributed by atoms with Crippen LogP contribution in [0.2, 0.25) is 0 Å². The van der Waals surface area contributed by atoms with Crippen LogP contribution in [-0.2, 0) is 5.41 Å². The van der Waals surface area contributed by atoms with Crippen LogP contribution in [0, 0.1) is 0 Å². The number of fused-ring (bicyclic) bond motifs is 5. The second-order valence-corrected chi connectivity index (χ2v) is 14.6. The maximum atomic E-state index is 4.75. The third-order valence-corrected chi connectivity index (χ3v) is 11.8. The lowest BCUT2D eigenvalue weighted by molar-refractivity contribution is 0.769. The SMILES string of the molecule is c1ccc(C2(c3ccccc3)c3cc(-c4cncc(-c5cncs5)c4)ccc3-c3c2cc(-c2cncc(-c4cncs4)c2)c2ccccc32)cc1. The van der Waals surface area contributed by atoms with Gasteiger partial charge < -0.3 is 0 Å². The minimum Gasteiger partial charge on any atom is -0.263 e. The van der Waals surface area contributed by atoms with Crippen molar-refractivity contribution in [2.45, 2.75) is 5.41 Å². The molecule has 4 aromatic heterocycles. The third-order valence-electron chi connectivity index (χ3n) is 10.1. The molecule has 0 bridgehead atoms. The van der Waals surface area contributed by atoms with Crippen LogP contribution in [0.4, 0.5) is 0 Å². The molecule has 0 amide bonds. The van der Waals surface area contributed by atoms with Gasteiger partial charge in [-0.25, -0.2) is 0 Å². The Bertz CT molecular complexity index is 2650. The van der Waals surface area contributed by atoms with Crippen molar-refractivity contribution in [3.05, 3.63) is 192 Å². The van der Waals surface area contributed by atoms with Gasteiger partial charge in [0.1, 0.15) is 0 Å². The van der Waals surface area contributed by atoms with Gasteiger partial charge in [0.15, 0.2) is 0 Å². The zero-order valence-electron chi connectivity index (χ0n) is 27.3. The summed E-state index contributed by atoms with van der Waals surface area (Å²) in [5.41, 5.74) is 17.2. The zero-order chi connectivity index (χ0) is 33.8. The van der Waals surface area contributed by atoms with Crippen LogP contribution in [-0.4, -0.2) is 19.9 Å². The summed E-state index contributed by atoms with van der Waals surface area (Å²) in [6.45, 7) is 0. The lowest BCUT2D eigenvalue weighted by Gasteiger charge is -2.34. The Morgan fingerprint density at radius 2 is 0.961 bits per heavy atom. The fraction of sp³-hybridized carbons (Fsp3) is 0.0222. The molecule has 0 saturated heterocycles. The smallest absolute Gasteiger partial charge is 0.0797 e. The van der Waals surface area contributed by atoms with Gasteiger partial charge >= 0.3 is 0 Å². The highest BCUT2D eigenvalue weighted by molar-refractivity contribution is 7.13. The quantitative estimate of drug-likeness (QED) is 0.174. The van der Waals surface area contributed by atoms with E-state index >= 15 is 0 Å². The maximum Gasteiger partial charge on any atom is 0.0797 e. The average molecular weight is 689 g/mol. The molecule has 0 spiro atoms. The molecular weight excluding hydrogens is 661 g/mol. The minimum absolute atomic E-state index is 0.590.